The molecule has 0 heterocycles. The van der Waals surface area contributed by atoms with Crippen LogP contribution in [0.5, 0.6) is 0 Å². The summed E-state index contributed by atoms with van der Waals surface area (Å²) in [5, 5.41) is 21.1. The van der Waals surface area contributed by atoms with Gasteiger partial charge in [-0.3, -0.25) is 4.79 Å². The van der Waals surface area contributed by atoms with Crippen LogP contribution in [0.1, 0.15) is 33.6 Å². The monoisotopic (exact) mass is 203 g/mol. The molecule has 0 aromatic carbocycles. The van der Waals surface area contributed by atoms with Gasteiger partial charge < -0.3 is 15.5 Å². The summed E-state index contributed by atoms with van der Waals surface area (Å²) in [6, 6.07) is -0.534. The van der Waals surface area contributed by atoms with Crippen molar-refractivity contribution in [3.63, 3.8) is 0 Å². The molecule has 0 saturated carbocycles. The molecule has 0 bridgehead atoms. The van der Waals surface area contributed by atoms with Crippen molar-refractivity contribution in [3.05, 3.63) is 0 Å². The van der Waals surface area contributed by atoms with E-state index in [-0.39, 0.29) is 5.92 Å². The highest BCUT2D eigenvalue weighted by Crippen LogP contribution is 2.02. The van der Waals surface area contributed by atoms with Crippen molar-refractivity contribution >= 4 is 5.97 Å². The maximum atomic E-state index is 10.7. The number of hydrogen-bond donors (Lipinski definition) is 3. The quantitative estimate of drug-likeness (QED) is 0.573. The second-order valence-corrected chi connectivity index (χ2v) is 3.90. The fraction of sp³-hybridized carbons (Fsp3) is 0.900. The Hall–Kier alpha value is -0.610. The SMILES string of the molecule is CCCC(NCC(O)C(C)C)C(=O)O. The van der Waals surface area contributed by atoms with Crippen LogP contribution in [-0.2, 0) is 4.79 Å². The lowest BCUT2D eigenvalue weighted by atomic mass is 10.1. The normalized spacial score (nSPS) is 15.5. The number of aliphatic carboxylic acids is 1. The first-order valence-electron chi connectivity index (χ1n) is 5.13. The maximum Gasteiger partial charge on any atom is 0.320 e. The van der Waals surface area contributed by atoms with Gasteiger partial charge in [0, 0.05) is 6.54 Å². The molecule has 0 spiro atoms. The topological polar surface area (TPSA) is 69.6 Å². The Labute approximate surface area is 85.3 Å². The minimum Gasteiger partial charge on any atom is -0.480 e. The fourth-order valence-electron chi connectivity index (χ4n) is 1.10. The van der Waals surface area contributed by atoms with Crippen LogP contribution in [0.15, 0.2) is 0 Å². The van der Waals surface area contributed by atoms with Crippen LogP contribution in [-0.4, -0.2) is 34.9 Å². The summed E-state index contributed by atoms with van der Waals surface area (Å²) in [6.07, 6.45) is 0.940. The van der Waals surface area contributed by atoms with E-state index in [4.69, 9.17) is 5.11 Å². The summed E-state index contributed by atoms with van der Waals surface area (Å²) in [5.41, 5.74) is 0. The molecular formula is C10H21NO3. The van der Waals surface area contributed by atoms with Crippen molar-refractivity contribution < 1.29 is 15.0 Å². The Balaban J connectivity index is 3.87. The van der Waals surface area contributed by atoms with E-state index < -0.39 is 18.1 Å². The predicted octanol–water partition coefficient (Wildman–Crippen LogP) is 0.846. The minimum atomic E-state index is -0.845. The van der Waals surface area contributed by atoms with Crippen molar-refractivity contribution in [1.82, 2.24) is 5.32 Å². The van der Waals surface area contributed by atoms with E-state index in [0.29, 0.717) is 13.0 Å². The van der Waals surface area contributed by atoms with Crippen LogP contribution in [0.25, 0.3) is 0 Å². The van der Waals surface area contributed by atoms with Gasteiger partial charge in [-0.25, -0.2) is 0 Å². The van der Waals surface area contributed by atoms with Gasteiger partial charge >= 0.3 is 5.97 Å². The predicted molar refractivity (Wildman–Crippen MR) is 55.2 cm³/mol. The molecule has 14 heavy (non-hydrogen) atoms. The zero-order valence-corrected chi connectivity index (χ0v) is 9.16. The molecule has 0 rings (SSSR count). The summed E-state index contributed by atoms with van der Waals surface area (Å²) in [6.45, 7) is 6.09. The van der Waals surface area contributed by atoms with Gasteiger partial charge in [-0.1, -0.05) is 27.2 Å². The molecule has 0 aromatic rings. The Morgan fingerprint density at radius 3 is 2.36 bits per heavy atom. The van der Waals surface area contributed by atoms with Gasteiger partial charge in [0.15, 0.2) is 0 Å². The molecule has 0 aliphatic carbocycles. The third-order valence-corrected chi connectivity index (χ3v) is 2.22. The third kappa shape index (κ3) is 5.19. The van der Waals surface area contributed by atoms with Crippen molar-refractivity contribution in [2.75, 3.05) is 6.54 Å². The van der Waals surface area contributed by atoms with Gasteiger partial charge in [0.05, 0.1) is 6.10 Å². The van der Waals surface area contributed by atoms with E-state index in [1.165, 1.54) is 0 Å². The molecule has 2 unspecified atom stereocenters. The molecule has 0 fully saturated rings. The van der Waals surface area contributed by atoms with E-state index in [9.17, 15) is 9.90 Å². The standard InChI is InChI=1S/C10H21NO3/c1-4-5-8(10(13)14)11-6-9(12)7(2)3/h7-9,11-12H,4-6H2,1-3H3,(H,13,14). The van der Waals surface area contributed by atoms with Gasteiger partial charge in [-0.15, -0.1) is 0 Å². The van der Waals surface area contributed by atoms with Gasteiger partial charge in [-0.05, 0) is 12.3 Å². The molecular weight excluding hydrogens is 182 g/mol. The molecule has 0 aliphatic heterocycles. The van der Waals surface area contributed by atoms with E-state index in [1.54, 1.807) is 0 Å². The Morgan fingerprint density at radius 1 is 1.43 bits per heavy atom. The molecule has 0 aliphatic rings. The second-order valence-electron chi connectivity index (χ2n) is 3.90. The fourth-order valence-corrected chi connectivity index (χ4v) is 1.10. The van der Waals surface area contributed by atoms with E-state index in [0.717, 1.165) is 6.42 Å². The largest absolute Gasteiger partial charge is 0.480 e. The first-order valence-corrected chi connectivity index (χ1v) is 5.13. The van der Waals surface area contributed by atoms with Crippen LogP contribution in [0, 0.1) is 5.92 Å². The summed E-state index contributed by atoms with van der Waals surface area (Å²) >= 11 is 0. The lowest BCUT2D eigenvalue weighted by molar-refractivity contribution is -0.139. The van der Waals surface area contributed by atoms with Crippen molar-refractivity contribution in [3.8, 4) is 0 Å². The number of nitrogens with one attached hydrogen (secondary N) is 1. The van der Waals surface area contributed by atoms with Crippen LogP contribution in [0.3, 0.4) is 0 Å². The second kappa shape index (κ2) is 6.79. The number of aliphatic hydroxyl groups is 1. The van der Waals surface area contributed by atoms with Gasteiger partial charge in [0.25, 0.3) is 0 Å². The first-order chi connectivity index (χ1) is 6.49. The molecule has 2 atom stereocenters. The maximum absolute atomic E-state index is 10.7. The van der Waals surface area contributed by atoms with Gasteiger partial charge in [-0.2, -0.15) is 0 Å². The van der Waals surface area contributed by atoms with E-state index in [1.807, 2.05) is 20.8 Å². The van der Waals surface area contributed by atoms with Crippen LogP contribution in [0.4, 0.5) is 0 Å². The van der Waals surface area contributed by atoms with Crippen LogP contribution < -0.4 is 5.32 Å². The van der Waals surface area contributed by atoms with E-state index >= 15 is 0 Å². The molecule has 4 nitrogen and oxygen atoms in total. The zero-order chi connectivity index (χ0) is 11.1. The Morgan fingerprint density at radius 2 is 2.00 bits per heavy atom. The Bertz CT molecular complexity index is 171. The van der Waals surface area contributed by atoms with Gasteiger partial charge in [0.1, 0.15) is 6.04 Å². The number of hydrogen-bond acceptors (Lipinski definition) is 3. The van der Waals surface area contributed by atoms with Crippen LogP contribution >= 0.6 is 0 Å². The zero-order valence-electron chi connectivity index (χ0n) is 9.16. The van der Waals surface area contributed by atoms with Crippen molar-refractivity contribution in [2.24, 2.45) is 5.92 Å². The molecule has 84 valence electrons. The highest BCUT2D eigenvalue weighted by atomic mass is 16.4. The molecule has 0 saturated heterocycles. The minimum absolute atomic E-state index is 0.151. The van der Waals surface area contributed by atoms with Gasteiger partial charge in [0.2, 0.25) is 0 Å². The molecule has 0 radical (unpaired) electrons. The lowest BCUT2D eigenvalue weighted by Crippen LogP contribution is -2.42. The number of carboxylic acids is 1. The average Bonchev–Trinajstić information content (AvgIpc) is 2.10. The number of carbonyl (C=O) groups is 1. The summed E-state index contributed by atoms with van der Waals surface area (Å²) in [5.74, 6) is -0.693. The van der Waals surface area contributed by atoms with Crippen LogP contribution in [0.2, 0.25) is 0 Å². The molecule has 4 heteroatoms. The average molecular weight is 203 g/mol. The summed E-state index contributed by atoms with van der Waals surface area (Å²) in [7, 11) is 0. The smallest absolute Gasteiger partial charge is 0.320 e. The summed E-state index contributed by atoms with van der Waals surface area (Å²) in [4.78, 5) is 10.7. The lowest BCUT2D eigenvalue weighted by Gasteiger charge is -2.19. The highest BCUT2D eigenvalue weighted by molar-refractivity contribution is 5.73. The number of aliphatic hydroxyl groups excluding tert-OH is 1. The van der Waals surface area contributed by atoms with Crippen molar-refractivity contribution in [1.29, 1.82) is 0 Å². The summed E-state index contributed by atoms with van der Waals surface area (Å²) < 4.78 is 0. The molecule has 0 amide bonds. The highest BCUT2D eigenvalue weighted by Gasteiger charge is 2.17. The van der Waals surface area contributed by atoms with E-state index in [2.05, 4.69) is 5.32 Å². The Kier molecular flexibility index (Phi) is 6.49. The number of carboxylic acid groups (broad SMARTS) is 1. The molecule has 0 aromatic heterocycles. The number of rotatable bonds is 7. The third-order valence-electron chi connectivity index (χ3n) is 2.22. The molecule has 3 N–H and O–H groups in total. The van der Waals surface area contributed by atoms with Crippen molar-refractivity contribution in [2.45, 2.75) is 45.8 Å². The first kappa shape index (κ1) is 13.4.